The molecule has 456 valence electrons. The van der Waals surface area contributed by atoms with Gasteiger partial charge in [0.2, 0.25) is 0 Å². The van der Waals surface area contributed by atoms with Crippen molar-refractivity contribution < 1.29 is 65.6 Å². The first kappa shape index (κ1) is 54.0. The van der Waals surface area contributed by atoms with Crippen LogP contribution in [0, 0.1) is 69.5 Å². The van der Waals surface area contributed by atoms with Crippen LogP contribution < -0.4 is 0 Å². The average molecular weight is 1190 g/mol. The normalized spacial score (nSPS) is 31.7. The van der Waals surface area contributed by atoms with E-state index in [4.69, 9.17) is 40.6 Å². The van der Waals surface area contributed by atoms with E-state index in [1.807, 2.05) is 19.6 Å². The van der Waals surface area contributed by atoms with Gasteiger partial charge in [-0.3, -0.25) is 0 Å². The van der Waals surface area contributed by atoms with Gasteiger partial charge in [-0.1, -0.05) is 101 Å². The van der Waals surface area contributed by atoms with Crippen LogP contribution in [0.1, 0.15) is 229 Å². The lowest BCUT2D eigenvalue weighted by Gasteiger charge is -2.52. The van der Waals surface area contributed by atoms with E-state index in [-0.39, 0.29) is 64.2 Å². The molecule has 0 aromatic carbocycles. The third-order valence-corrected chi connectivity index (χ3v) is 30.8. The average Bonchev–Trinajstić information content (AvgIpc) is 1.45. The van der Waals surface area contributed by atoms with E-state index in [0.717, 1.165) is 57.3 Å². The zero-order valence-electron chi connectivity index (χ0n) is 64.1. The molecule has 0 aromatic heterocycles. The highest BCUT2D eigenvalue weighted by atomic mass is 28.4. The highest BCUT2D eigenvalue weighted by molar-refractivity contribution is 6.74. The van der Waals surface area contributed by atoms with Gasteiger partial charge in [0.25, 0.3) is 0 Å². The molecule has 0 aromatic rings. The largest absolute Gasteiger partial charge is 0.438 e. The highest BCUT2D eigenvalue weighted by Crippen LogP contribution is 2.65. The third kappa shape index (κ3) is 17.7. The summed E-state index contributed by atoms with van der Waals surface area (Å²) < 4.78 is 207. The molecule has 5 nitrogen and oxygen atoms in total. The second-order valence-electron chi connectivity index (χ2n) is 30.8. The van der Waals surface area contributed by atoms with Gasteiger partial charge in [0.1, 0.15) is 0 Å². The van der Waals surface area contributed by atoms with Crippen molar-refractivity contribution in [2.24, 2.45) is 45.3 Å². The van der Waals surface area contributed by atoms with Gasteiger partial charge in [0, 0.05) is 41.5 Å². The molecular weight excluding hydrogens is 1060 g/mol. The summed E-state index contributed by atoms with van der Waals surface area (Å²) in [6, 6.07) is 0. The maximum absolute atomic E-state index is 13.6. The lowest BCUT2D eigenvalue weighted by atomic mass is 9.56. The van der Waals surface area contributed by atoms with Gasteiger partial charge in [-0.2, -0.15) is 26.3 Å². The minimum absolute atomic E-state index is 0.0333. The lowest BCUT2D eigenvalue weighted by molar-refractivity contribution is -0.343. The molecule has 0 radical (unpaired) electrons. The standard InChI is InChI=1S/C33H58F6O3Si2.C30H58O2Si2/c1-27(2,3)44(11,12)41-25-16-13-22-30(7)24(25)17-18-26(30)29(6,20-14-19-28(4,5)42-43(8,9)10)21-15-23-31(40,32(34,35)36)33(37,38)39;1-14-20-29(7,22-16-21-28(5,6)32-33(9,10)11)26-19-18-24-25(17-15-23-30(24,26)8)31-34(12,13)27(2,3)4/h24-26,40H,13-14,16-22H2,1-12H3;1,24-26H,15-23H2,2-13H3/t24?,25-,26+,29+,30-;24?,25-,26+,29-,30-/m00/s1/i4D3,5D3;5D3,6D3. The number of hydrogen-bond donors (Lipinski definition) is 1. The van der Waals surface area contributed by atoms with E-state index in [9.17, 15) is 31.4 Å². The van der Waals surface area contributed by atoms with Crippen molar-refractivity contribution in [1.82, 2.24) is 0 Å². The van der Waals surface area contributed by atoms with Crippen LogP contribution >= 0.6 is 0 Å². The smallest absolute Gasteiger partial charge is 0.414 e. The number of halogens is 6. The Morgan fingerprint density at radius 3 is 1.19 bits per heavy atom. The molecule has 4 aliphatic carbocycles. The summed E-state index contributed by atoms with van der Waals surface area (Å²) in [6.07, 6.45) is 3.97. The van der Waals surface area contributed by atoms with Crippen molar-refractivity contribution in [3.05, 3.63) is 0 Å². The molecule has 4 fully saturated rings. The van der Waals surface area contributed by atoms with Crippen LogP contribution in [0.4, 0.5) is 26.3 Å². The summed E-state index contributed by atoms with van der Waals surface area (Å²) in [5, 5.41) is 9.89. The van der Waals surface area contributed by atoms with Crippen molar-refractivity contribution in [1.29, 1.82) is 0 Å². The quantitative estimate of drug-likeness (QED) is 0.0748. The number of hydrogen-bond acceptors (Lipinski definition) is 5. The molecule has 0 bridgehead atoms. The molecule has 15 heteroatoms. The Bertz CT molecular complexity index is 2460. The highest BCUT2D eigenvalue weighted by Gasteiger charge is 2.70. The number of rotatable bonds is 20. The summed E-state index contributed by atoms with van der Waals surface area (Å²) in [7, 11) is -9.39. The Kier molecular flexibility index (Phi) is 17.2. The zero-order chi connectivity index (χ0) is 70.6. The van der Waals surface area contributed by atoms with E-state index < -0.39 is 114 Å². The predicted molar refractivity (Wildman–Crippen MR) is 324 cm³/mol. The van der Waals surface area contributed by atoms with Crippen LogP contribution in [-0.2, 0) is 17.7 Å². The Labute approximate surface area is 495 Å². The number of aliphatic hydroxyl groups is 1. The number of terminal acetylenes is 1. The van der Waals surface area contributed by atoms with Gasteiger partial charge < -0.3 is 22.8 Å². The van der Waals surface area contributed by atoms with Crippen molar-refractivity contribution in [2.45, 2.75) is 329 Å². The van der Waals surface area contributed by atoms with Gasteiger partial charge in [0.15, 0.2) is 33.3 Å². The van der Waals surface area contributed by atoms with Crippen LogP contribution in [0.5, 0.6) is 0 Å². The first-order chi connectivity index (χ1) is 39.7. The van der Waals surface area contributed by atoms with Crippen LogP contribution in [0.25, 0.3) is 0 Å². The van der Waals surface area contributed by atoms with E-state index >= 15 is 0 Å². The van der Waals surface area contributed by atoms with E-state index in [1.54, 1.807) is 26.6 Å². The Morgan fingerprint density at radius 1 is 0.551 bits per heavy atom. The summed E-state index contributed by atoms with van der Waals surface area (Å²) in [5.41, 5.74) is -11.6. The van der Waals surface area contributed by atoms with Crippen LogP contribution in [0.3, 0.4) is 0 Å². The number of alkyl halides is 6. The molecule has 0 aliphatic heterocycles. The molecule has 78 heavy (non-hydrogen) atoms. The fourth-order valence-corrected chi connectivity index (χ4v) is 19.3. The molecule has 4 rings (SSSR count). The van der Waals surface area contributed by atoms with Crippen LogP contribution in [0.2, 0.25) is 75.5 Å². The SMILES string of the molecule is [2H]C([2H])([2H])C(CCC[C@](C)(CC#C)[C@H]1CCC2[C@@H](O[Si](C)(C)C(C)(C)C)CCC[C@@]21C)(O[Si](C)(C)C)C([2H])([2H])[2H].[2H]C([2H])([2H])C(CCC[C@](C)(CC#CC(O)(C(F)(F)F)C(F)(F)F)[C@H]1CCC2[C@@H](O[Si](C)(C)C(C)(C)C)CCC[C@@]21C)(O[Si](C)(C)C)C([2H])([2H])[2H]. The first-order valence-electron chi connectivity index (χ1n) is 35.2. The molecule has 1 N–H and O–H groups in total. The van der Waals surface area contributed by atoms with Gasteiger partial charge in [-0.05, 0) is 231 Å². The second-order valence-corrected chi connectivity index (χ2v) is 49.1. The van der Waals surface area contributed by atoms with Gasteiger partial charge >= 0.3 is 18.0 Å². The lowest BCUT2D eigenvalue weighted by Crippen LogP contribution is -2.55. The fraction of sp³-hybridized carbons (Fsp3) is 0.937. The summed E-state index contributed by atoms with van der Waals surface area (Å²) in [5.74, 6) is 6.77. The molecular formula is C63H116F6O5Si4. The van der Waals surface area contributed by atoms with E-state index in [2.05, 4.69) is 100 Å². The van der Waals surface area contributed by atoms with Crippen LogP contribution in [0.15, 0.2) is 0 Å². The molecule has 4 aliphatic rings. The van der Waals surface area contributed by atoms with Crippen LogP contribution in [-0.4, -0.2) is 79.7 Å². The second kappa shape index (κ2) is 24.8. The van der Waals surface area contributed by atoms with Crippen molar-refractivity contribution in [2.75, 3.05) is 0 Å². The monoisotopic (exact) mass is 1190 g/mol. The minimum Gasteiger partial charge on any atom is -0.414 e. The van der Waals surface area contributed by atoms with Gasteiger partial charge in [-0.15, -0.1) is 12.3 Å². The Balaban J connectivity index is 0.000000482. The molecule has 0 heterocycles. The molecule has 0 spiro atoms. The zero-order valence-corrected chi connectivity index (χ0v) is 56.1. The third-order valence-electron chi connectivity index (χ3n) is 19.9. The topological polar surface area (TPSA) is 57.2 Å². The van der Waals surface area contributed by atoms with E-state index in [1.165, 1.54) is 0 Å². The van der Waals surface area contributed by atoms with E-state index in [0.29, 0.717) is 43.9 Å². The maximum atomic E-state index is 13.6. The summed E-state index contributed by atoms with van der Waals surface area (Å²) in [4.78, 5) is 0. The Hall–Kier alpha value is -0.632. The predicted octanol–water partition coefficient (Wildman–Crippen LogP) is 20.1. The van der Waals surface area contributed by atoms with Gasteiger partial charge in [-0.25, -0.2) is 0 Å². The Morgan fingerprint density at radius 2 is 0.897 bits per heavy atom. The molecule has 4 saturated carbocycles. The van der Waals surface area contributed by atoms with Crippen molar-refractivity contribution in [3.8, 4) is 24.2 Å². The summed E-state index contributed by atoms with van der Waals surface area (Å²) >= 11 is 0. The van der Waals surface area contributed by atoms with Gasteiger partial charge in [0.05, 0.1) is 11.2 Å². The molecule has 10 atom stereocenters. The molecule has 0 saturated heterocycles. The fourth-order valence-electron chi connectivity index (χ4n) is 14.2. The van der Waals surface area contributed by atoms with Crippen molar-refractivity contribution in [3.63, 3.8) is 0 Å². The molecule has 0 amide bonds. The molecule has 2 unspecified atom stereocenters. The first-order valence-corrected chi connectivity index (χ1v) is 41.9. The van der Waals surface area contributed by atoms with Crippen molar-refractivity contribution >= 4 is 33.3 Å². The minimum atomic E-state index is -6.11. The number of fused-ring (bicyclic) bond motifs is 2. The summed E-state index contributed by atoms with van der Waals surface area (Å²) in [6.45, 7) is 29.8. The maximum Gasteiger partial charge on any atom is 0.438 e.